The fourth-order valence-corrected chi connectivity index (χ4v) is 3.35. The monoisotopic (exact) mass is 348 g/mol. The van der Waals surface area contributed by atoms with Gasteiger partial charge >= 0.3 is 0 Å². The van der Waals surface area contributed by atoms with E-state index in [9.17, 15) is 9.90 Å². The first-order valence-electron chi connectivity index (χ1n) is 7.78. The van der Waals surface area contributed by atoms with E-state index >= 15 is 4.39 Å². The van der Waals surface area contributed by atoms with Crippen molar-refractivity contribution in [2.75, 3.05) is 0 Å². The Balaban J connectivity index is 1.84. The molecule has 1 aliphatic rings. The first-order valence-corrected chi connectivity index (χ1v) is 8.16. The van der Waals surface area contributed by atoms with Gasteiger partial charge in [-0.3, -0.25) is 9.78 Å². The summed E-state index contributed by atoms with van der Waals surface area (Å²) in [7, 11) is 0. The molecule has 0 saturated carbocycles. The van der Waals surface area contributed by atoms with Crippen molar-refractivity contribution >= 4 is 17.5 Å². The number of rotatable bonds is 3. The van der Waals surface area contributed by atoms with Gasteiger partial charge < -0.3 is 10.4 Å². The minimum absolute atomic E-state index is 0.0831. The molecule has 126 valence electrons. The topological polar surface area (TPSA) is 62.2 Å². The second-order valence-corrected chi connectivity index (χ2v) is 6.42. The lowest BCUT2D eigenvalue weighted by Crippen LogP contribution is -2.44. The number of halogens is 2. The number of hydrogen-bond donors (Lipinski definition) is 2. The third-order valence-corrected chi connectivity index (χ3v) is 4.84. The molecule has 1 amide bonds. The van der Waals surface area contributed by atoms with E-state index in [2.05, 4.69) is 10.3 Å². The standard InChI is InChI=1S/C18H18ClFN2O2/c1-11-4-2-6-14(19)12(11)10-22-17(24)18(20)8-7-15(23)16-13(18)5-3-9-21-16/h2-6,9,15,23H,7-8,10H2,1H3,(H,22,24)/t15-,18-/m0/s1. The molecule has 1 aliphatic carbocycles. The minimum Gasteiger partial charge on any atom is -0.387 e. The number of carbonyl (C=O) groups excluding carboxylic acids is 1. The van der Waals surface area contributed by atoms with Crippen molar-refractivity contribution in [2.24, 2.45) is 0 Å². The largest absolute Gasteiger partial charge is 0.387 e. The van der Waals surface area contributed by atoms with Crippen LogP contribution in [-0.4, -0.2) is 16.0 Å². The molecule has 0 bridgehead atoms. The van der Waals surface area contributed by atoms with Gasteiger partial charge in [0.05, 0.1) is 11.8 Å². The van der Waals surface area contributed by atoms with E-state index in [1.807, 2.05) is 19.1 Å². The summed E-state index contributed by atoms with van der Waals surface area (Å²) in [6.45, 7) is 2.03. The van der Waals surface area contributed by atoms with Crippen LogP contribution < -0.4 is 5.32 Å². The first-order chi connectivity index (χ1) is 11.4. The van der Waals surface area contributed by atoms with Crippen LogP contribution in [0.1, 0.15) is 41.3 Å². The van der Waals surface area contributed by atoms with Gasteiger partial charge in [-0.15, -0.1) is 0 Å². The van der Waals surface area contributed by atoms with Gasteiger partial charge in [0.25, 0.3) is 5.91 Å². The molecule has 0 unspecified atom stereocenters. The maximum Gasteiger partial charge on any atom is 0.262 e. The molecular weight excluding hydrogens is 331 g/mol. The maximum absolute atomic E-state index is 15.4. The van der Waals surface area contributed by atoms with Crippen LogP contribution in [0, 0.1) is 6.92 Å². The lowest BCUT2D eigenvalue weighted by molar-refractivity contribution is -0.135. The summed E-state index contributed by atoms with van der Waals surface area (Å²) in [6.07, 6.45) is 0.710. The zero-order valence-corrected chi connectivity index (χ0v) is 14.0. The summed E-state index contributed by atoms with van der Waals surface area (Å²) in [5, 5.41) is 13.1. The summed E-state index contributed by atoms with van der Waals surface area (Å²) >= 11 is 6.15. The number of nitrogens with one attached hydrogen (secondary N) is 1. The van der Waals surface area contributed by atoms with Crippen LogP contribution in [0.3, 0.4) is 0 Å². The Hall–Kier alpha value is -1.98. The lowest BCUT2D eigenvalue weighted by Gasteiger charge is -2.32. The van der Waals surface area contributed by atoms with Gasteiger partial charge in [0.2, 0.25) is 5.67 Å². The van der Waals surface area contributed by atoms with E-state index in [4.69, 9.17) is 11.6 Å². The molecule has 2 aromatic rings. The molecule has 3 rings (SSSR count). The molecule has 0 spiro atoms. The van der Waals surface area contributed by atoms with Gasteiger partial charge in [-0.2, -0.15) is 0 Å². The molecule has 0 radical (unpaired) electrons. The quantitative estimate of drug-likeness (QED) is 0.894. The molecular formula is C18H18ClFN2O2. The number of carbonyl (C=O) groups is 1. The highest BCUT2D eigenvalue weighted by Crippen LogP contribution is 2.42. The summed E-state index contributed by atoms with van der Waals surface area (Å²) in [4.78, 5) is 16.6. The van der Waals surface area contributed by atoms with Gasteiger partial charge in [-0.05, 0) is 43.0 Å². The Morgan fingerprint density at radius 2 is 2.25 bits per heavy atom. The number of aliphatic hydroxyl groups excluding tert-OH is 1. The second-order valence-electron chi connectivity index (χ2n) is 6.01. The summed E-state index contributed by atoms with van der Waals surface area (Å²) in [6, 6.07) is 8.51. The average molecular weight is 349 g/mol. The minimum atomic E-state index is -2.20. The number of pyridine rings is 1. The Bertz CT molecular complexity index is 763. The zero-order chi connectivity index (χ0) is 17.3. The van der Waals surface area contributed by atoms with Crippen molar-refractivity contribution in [2.45, 2.75) is 38.1 Å². The Kier molecular flexibility index (Phi) is 4.56. The van der Waals surface area contributed by atoms with Gasteiger partial charge in [0.15, 0.2) is 0 Å². The van der Waals surface area contributed by atoms with Crippen LogP contribution in [0.5, 0.6) is 0 Å². The van der Waals surface area contributed by atoms with Crippen LogP contribution in [0.4, 0.5) is 4.39 Å². The van der Waals surface area contributed by atoms with Crippen LogP contribution in [0.2, 0.25) is 5.02 Å². The van der Waals surface area contributed by atoms with E-state index in [-0.39, 0.29) is 30.6 Å². The summed E-state index contributed by atoms with van der Waals surface area (Å²) < 4.78 is 15.4. The third-order valence-electron chi connectivity index (χ3n) is 4.48. The molecule has 0 saturated heterocycles. The van der Waals surface area contributed by atoms with Crippen molar-refractivity contribution in [3.8, 4) is 0 Å². The predicted molar refractivity (Wildman–Crippen MR) is 89.3 cm³/mol. The smallest absolute Gasteiger partial charge is 0.262 e. The molecule has 24 heavy (non-hydrogen) atoms. The van der Waals surface area contributed by atoms with Crippen molar-refractivity contribution in [3.63, 3.8) is 0 Å². The average Bonchev–Trinajstić information content (AvgIpc) is 2.58. The van der Waals surface area contributed by atoms with Crippen molar-refractivity contribution < 1.29 is 14.3 Å². The van der Waals surface area contributed by atoms with Crippen molar-refractivity contribution in [1.29, 1.82) is 0 Å². The lowest BCUT2D eigenvalue weighted by atomic mass is 9.81. The predicted octanol–water partition coefficient (Wildman–Crippen LogP) is 3.35. The number of benzene rings is 1. The van der Waals surface area contributed by atoms with Crippen molar-refractivity contribution in [3.05, 3.63) is 63.9 Å². The molecule has 1 heterocycles. The van der Waals surface area contributed by atoms with Gasteiger partial charge in [0.1, 0.15) is 0 Å². The normalized spacial score (nSPS) is 22.8. The van der Waals surface area contributed by atoms with Crippen LogP contribution in [-0.2, 0) is 17.0 Å². The third kappa shape index (κ3) is 2.89. The molecule has 2 atom stereocenters. The number of amides is 1. The van der Waals surface area contributed by atoms with Crippen molar-refractivity contribution in [1.82, 2.24) is 10.3 Å². The highest BCUT2D eigenvalue weighted by Gasteiger charge is 2.46. The fraction of sp³-hybridized carbons (Fsp3) is 0.333. The Labute approximate surface area is 144 Å². The van der Waals surface area contributed by atoms with E-state index < -0.39 is 17.7 Å². The van der Waals surface area contributed by atoms with Gasteiger partial charge in [-0.1, -0.05) is 29.8 Å². The van der Waals surface area contributed by atoms with E-state index in [1.165, 1.54) is 12.3 Å². The maximum atomic E-state index is 15.4. The van der Waals surface area contributed by atoms with Crippen LogP contribution in [0.25, 0.3) is 0 Å². The molecule has 0 fully saturated rings. The number of alkyl halides is 1. The highest BCUT2D eigenvalue weighted by molar-refractivity contribution is 6.31. The van der Waals surface area contributed by atoms with E-state index in [0.29, 0.717) is 5.02 Å². The van der Waals surface area contributed by atoms with Crippen LogP contribution in [0.15, 0.2) is 36.5 Å². The SMILES string of the molecule is Cc1cccc(Cl)c1CNC(=O)[C@]1(F)CC[C@H](O)c2ncccc21. The number of hydrogen-bond acceptors (Lipinski definition) is 3. The number of aryl methyl sites for hydroxylation is 1. The summed E-state index contributed by atoms with van der Waals surface area (Å²) in [5.74, 6) is -0.733. The number of aliphatic hydroxyl groups is 1. The Morgan fingerprint density at radius 1 is 1.46 bits per heavy atom. The first kappa shape index (κ1) is 16.9. The zero-order valence-electron chi connectivity index (χ0n) is 13.2. The number of nitrogens with zero attached hydrogens (tertiary/aromatic N) is 1. The molecule has 2 N–H and O–H groups in total. The van der Waals surface area contributed by atoms with Crippen LogP contribution >= 0.6 is 11.6 Å². The van der Waals surface area contributed by atoms with E-state index in [1.54, 1.807) is 12.1 Å². The molecule has 1 aromatic heterocycles. The van der Waals surface area contributed by atoms with Gasteiger partial charge in [-0.25, -0.2) is 4.39 Å². The fourth-order valence-electron chi connectivity index (χ4n) is 3.06. The second kappa shape index (κ2) is 6.49. The highest BCUT2D eigenvalue weighted by atomic mass is 35.5. The van der Waals surface area contributed by atoms with Gasteiger partial charge in [0, 0.05) is 23.3 Å². The molecule has 0 aliphatic heterocycles. The summed E-state index contributed by atoms with van der Waals surface area (Å²) in [5.41, 5.74) is -0.138. The molecule has 4 nitrogen and oxygen atoms in total. The van der Waals surface area contributed by atoms with E-state index in [0.717, 1.165) is 11.1 Å². The number of fused-ring (bicyclic) bond motifs is 1. The number of aromatic nitrogens is 1. The molecule has 1 aromatic carbocycles. The molecule has 6 heteroatoms. The Morgan fingerprint density at radius 3 is 3.00 bits per heavy atom.